The van der Waals surface area contributed by atoms with Crippen LogP contribution in [0, 0.1) is 11.3 Å². The van der Waals surface area contributed by atoms with Gasteiger partial charge in [-0.05, 0) is 50.2 Å². The summed E-state index contributed by atoms with van der Waals surface area (Å²) in [6.45, 7) is 17.5. The van der Waals surface area contributed by atoms with Gasteiger partial charge in [0.2, 0.25) is 0 Å². The highest BCUT2D eigenvalue weighted by atomic mass is 15.1. The van der Waals surface area contributed by atoms with Gasteiger partial charge in [0.15, 0.2) is 0 Å². The Hall–Kier alpha value is -0.0400. The lowest BCUT2D eigenvalue weighted by Gasteiger charge is -2.38. The van der Waals surface area contributed by atoms with Crippen molar-refractivity contribution in [3.05, 3.63) is 0 Å². The summed E-state index contributed by atoms with van der Waals surface area (Å²) in [6, 6.07) is 0. The summed E-state index contributed by atoms with van der Waals surface area (Å²) < 4.78 is 0. The normalized spacial score (nSPS) is 18.7. The molecule has 1 heteroatoms. The molecule has 0 unspecified atom stereocenters. The predicted molar refractivity (Wildman–Crippen MR) is 79.5 cm³/mol. The smallest absolute Gasteiger partial charge is 0.00159 e. The molecule has 1 aliphatic heterocycles. The summed E-state index contributed by atoms with van der Waals surface area (Å²) in [6.07, 6.45) is 6.97. The maximum atomic E-state index is 2.66. The van der Waals surface area contributed by atoms with Gasteiger partial charge in [-0.15, -0.1) is 0 Å². The van der Waals surface area contributed by atoms with Gasteiger partial charge >= 0.3 is 0 Å². The van der Waals surface area contributed by atoms with Crippen LogP contribution in [0.2, 0.25) is 0 Å². The topological polar surface area (TPSA) is 3.24 Å². The molecule has 0 aromatic rings. The molecule has 0 amide bonds. The van der Waals surface area contributed by atoms with Crippen molar-refractivity contribution in [2.45, 2.75) is 73.6 Å². The van der Waals surface area contributed by atoms with E-state index in [1.54, 1.807) is 0 Å². The van der Waals surface area contributed by atoms with Crippen molar-refractivity contribution in [2.75, 3.05) is 19.6 Å². The molecule has 1 nitrogen and oxygen atoms in total. The molecule has 1 aliphatic rings. The molecule has 104 valence electrons. The van der Waals surface area contributed by atoms with Crippen LogP contribution >= 0.6 is 0 Å². The van der Waals surface area contributed by atoms with E-state index in [4.69, 9.17) is 0 Å². The zero-order valence-electron chi connectivity index (χ0n) is 13.2. The number of hydrogen-bond acceptors (Lipinski definition) is 1. The second-order valence-corrected chi connectivity index (χ2v) is 6.19. The van der Waals surface area contributed by atoms with Crippen LogP contribution in [-0.4, -0.2) is 24.5 Å². The number of likely N-dealkylation sites (tertiary alicyclic amines) is 1. The van der Waals surface area contributed by atoms with E-state index in [1.165, 1.54) is 51.7 Å². The first-order valence-corrected chi connectivity index (χ1v) is 7.76. The molecular formula is C16H35N. The minimum atomic E-state index is 0.523. The Kier molecular flexibility index (Phi) is 8.94. The van der Waals surface area contributed by atoms with Gasteiger partial charge in [0.05, 0.1) is 0 Å². The molecule has 0 atom stereocenters. The Labute approximate surface area is 110 Å². The Balaban J connectivity index is 0.00000121. The molecule has 0 aromatic carbocycles. The fourth-order valence-electron chi connectivity index (χ4n) is 2.61. The minimum Gasteiger partial charge on any atom is -0.303 e. The van der Waals surface area contributed by atoms with E-state index >= 15 is 0 Å². The highest BCUT2D eigenvalue weighted by molar-refractivity contribution is 4.80. The number of nitrogens with zero attached hydrogens (tertiary/aromatic N) is 1. The molecule has 1 rings (SSSR count). The molecule has 1 saturated heterocycles. The second kappa shape index (κ2) is 8.97. The molecule has 1 fully saturated rings. The summed E-state index contributed by atoms with van der Waals surface area (Å²) in [7, 11) is 0. The average Bonchev–Trinajstić information content (AvgIpc) is 2.32. The first kappa shape index (κ1) is 17.0. The third-order valence-electron chi connectivity index (χ3n) is 3.89. The first-order valence-electron chi connectivity index (χ1n) is 7.76. The summed E-state index contributed by atoms with van der Waals surface area (Å²) in [4.78, 5) is 2.66. The van der Waals surface area contributed by atoms with Crippen molar-refractivity contribution in [1.29, 1.82) is 0 Å². The molecule has 0 aliphatic carbocycles. The molecule has 0 saturated carbocycles. The van der Waals surface area contributed by atoms with Crippen molar-refractivity contribution in [3.8, 4) is 0 Å². The van der Waals surface area contributed by atoms with Crippen molar-refractivity contribution < 1.29 is 0 Å². The van der Waals surface area contributed by atoms with Crippen molar-refractivity contribution in [1.82, 2.24) is 4.90 Å². The van der Waals surface area contributed by atoms with Gasteiger partial charge in [0, 0.05) is 0 Å². The highest BCUT2D eigenvalue weighted by Gasteiger charge is 2.28. The van der Waals surface area contributed by atoms with E-state index in [-0.39, 0.29) is 0 Å². The third kappa shape index (κ3) is 7.08. The summed E-state index contributed by atoms with van der Waals surface area (Å²) in [5.41, 5.74) is 0.523. The quantitative estimate of drug-likeness (QED) is 0.629. The third-order valence-corrected chi connectivity index (χ3v) is 3.89. The Morgan fingerprint density at radius 2 is 1.53 bits per heavy atom. The van der Waals surface area contributed by atoms with Gasteiger partial charge in [0.1, 0.15) is 0 Å². The Morgan fingerprint density at radius 3 is 1.94 bits per heavy atom. The van der Waals surface area contributed by atoms with Crippen LogP contribution in [0.15, 0.2) is 0 Å². The van der Waals surface area contributed by atoms with E-state index in [0.29, 0.717) is 5.41 Å². The predicted octanol–water partition coefficient (Wildman–Crippen LogP) is 4.96. The molecule has 0 N–H and O–H groups in total. The van der Waals surface area contributed by atoms with Crippen molar-refractivity contribution >= 4 is 0 Å². The lowest BCUT2D eigenvalue weighted by atomic mass is 9.75. The molecule has 0 aromatic heterocycles. The van der Waals surface area contributed by atoms with Crippen molar-refractivity contribution in [2.24, 2.45) is 11.3 Å². The van der Waals surface area contributed by atoms with Gasteiger partial charge in [-0.25, -0.2) is 0 Å². The summed E-state index contributed by atoms with van der Waals surface area (Å²) in [5, 5.41) is 0. The standard InChI is InChI=1S/C14H29N.C2H6/c1-5-6-7-10-15-11-8-13(9-12-15)14(2,3)4;1-2/h13H,5-12H2,1-4H3;1-2H3. The molecule has 0 radical (unpaired) electrons. The molecule has 17 heavy (non-hydrogen) atoms. The van der Waals surface area contributed by atoms with E-state index in [0.717, 1.165) is 5.92 Å². The summed E-state index contributed by atoms with van der Waals surface area (Å²) in [5.74, 6) is 0.944. The first-order chi connectivity index (χ1) is 8.04. The maximum Gasteiger partial charge on any atom is -0.00159 e. The van der Waals surface area contributed by atoms with Crippen LogP contribution in [-0.2, 0) is 0 Å². The molecule has 0 spiro atoms. The fraction of sp³-hybridized carbons (Fsp3) is 1.00. The molecular weight excluding hydrogens is 206 g/mol. The number of piperidine rings is 1. The monoisotopic (exact) mass is 241 g/mol. The largest absolute Gasteiger partial charge is 0.303 e. The Bertz CT molecular complexity index is 161. The van der Waals surface area contributed by atoms with Gasteiger partial charge in [-0.3, -0.25) is 0 Å². The highest BCUT2D eigenvalue weighted by Crippen LogP contribution is 2.34. The lowest BCUT2D eigenvalue weighted by molar-refractivity contribution is 0.111. The SMILES string of the molecule is CC.CCCCCN1CCC(C(C)(C)C)CC1. The number of hydrogen-bond donors (Lipinski definition) is 0. The zero-order valence-corrected chi connectivity index (χ0v) is 13.2. The van der Waals surface area contributed by atoms with Gasteiger partial charge in [0.25, 0.3) is 0 Å². The Morgan fingerprint density at radius 1 is 1.00 bits per heavy atom. The van der Waals surface area contributed by atoms with Crippen LogP contribution in [0.5, 0.6) is 0 Å². The van der Waals surface area contributed by atoms with Gasteiger partial charge in [-0.1, -0.05) is 54.4 Å². The van der Waals surface area contributed by atoms with Gasteiger partial charge in [-0.2, -0.15) is 0 Å². The van der Waals surface area contributed by atoms with Crippen LogP contribution in [0.3, 0.4) is 0 Å². The van der Waals surface area contributed by atoms with Crippen LogP contribution < -0.4 is 0 Å². The van der Waals surface area contributed by atoms with Crippen LogP contribution in [0.25, 0.3) is 0 Å². The fourth-order valence-corrected chi connectivity index (χ4v) is 2.61. The van der Waals surface area contributed by atoms with Gasteiger partial charge < -0.3 is 4.90 Å². The maximum absolute atomic E-state index is 2.66. The van der Waals surface area contributed by atoms with Crippen LogP contribution in [0.4, 0.5) is 0 Å². The van der Waals surface area contributed by atoms with Crippen molar-refractivity contribution in [3.63, 3.8) is 0 Å². The molecule has 0 bridgehead atoms. The number of rotatable bonds is 4. The van der Waals surface area contributed by atoms with Crippen LogP contribution in [0.1, 0.15) is 73.6 Å². The minimum absolute atomic E-state index is 0.523. The van der Waals surface area contributed by atoms with E-state index in [1.807, 2.05) is 13.8 Å². The summed E-state index contributed by atoms with van der Waals surface area (Å²) >= 11 is 0. The van der Waals surface area contributed by atoms with E-state index in [2.05, 4.69) is 32.6 Å². The molecule has 1 heterocycles. The second-order valence-electron chi connectivity index (χ2n) is 6.19. The zero-order chi connectivity index (χ0) is 13.3. The lowest BCUT2D eigenvalue weighted by Crippen LogP contribution is -2.38. The average molecular weight is 241 g/mol. The van der Waals surface area contributed by atoms with E-state index in [9.17, 15) is 0 Å². The van der Waals surface area contributed by atoms with E-state index < -0.39 is 0 Å². The number of unbranched alkanes of at least 4 members (excludes halogenated alkanes) is 2.